The predicted molar refractivity (Wildman–Crippen MR) is 84.3 cm³/mol. The third kappa shape index (κ3) is 4.00. The van der Waals surface area contributed by atoms with Gasteiger partial charge in [-0.3, -0.25) is 0 Å². The molecule has 0 atom stereocenters. The summed E-state index contributed by atoms with van der Waals surface area (Å²) in [6.07, 6.45) is 5.64. The van der Waals surface area contributed by atoms with E-state index in [0.717, 1.165) is 42.7 Å². The largest absolute Gasteiger partial charge is 0.478 e. The second kappa shape index (κ2) is 6.31. The van der Waals surface area contributed by atoms with E-state index in [1.54, 1.807) is 12.3 Å². The van der Waals surface area contributed by atoms with Gasteiger partial charge in [0.25, 0.3) is 0 Å². The molecule has 2 heterocycles. The van der Waals surface area contributed by atoms with Crippen molar-refractivity contribution in [1.29, 1.82) is 0 Å². The molecular weight excluding hydrogens is 272 g/mol. The minimum absolute atomic E-state index is 0.292. The van der Waals surface area contributed by atoms with Crippen molar-refractivity contribution in [3.63, 3.8) is 0 Å². The van der Waals surface area contributed by atoms with Crippen LogP contribution in [0, 0.1) is 0 Å². The maximum Gasteiger partial charge on any atom is 0.328 e. The molecule has 2 rings (SSSR count). The average Bonchev–Trinajstić information content (AvgIpc) is 2.58. The lowest BCUT2D eigenvalue weighted by Crippen LogP contribution is -2.28. The molecule has 1 saturated heterocycles. The maximum absolute atomic E-state index is 10.7. The van der Waals surface area contributed by atoms with E-state index >= 15 is 0 Å². The standard InChI is InChI=1S/C15H20N2O2S/c1-15(2)7-9-17(10-11-20-15)14-12(4-3-8-16-14)5-6-13(18)19/h3-6,8H,7,9-11H2,1-2H3,(H,18,19)/b6-5+. The van der Waals surface area contributed by atoms with Crippen LogP contribution in [0.15, 0.2) is 24.4 Å². The van der Waals surface area contributed by atoms with Gasteiger partial charge in [0.15, 0.2) is 0 Å². The van der Waals surface area contributed by atoms with Gasteiger partial charge in [0.2, 0.25) is 0 Å². The number of aliphatic carboxylic acids is 1. The van der Waals surface area contributed by atoms with Gasteiger partial charge in [-0.05, 0) is 24.6 Å². The Morgan fingerprint density at radius 3 is 3.05 bits per heavy atom. The van der Waals surface area contributed by atoms with E-state index in [0.29, 0.717) is 4.75 Å². The number of carboxylic acids is 1. The molecule has 0 spiro atoms. The van der Waals surface area contributed by atoms with Crippen molar-refractivity contribution in [3.8, 4) is 0 Å². The Balaban J connectivity index is 2.21. The van der Waals surface area contributed by atoms with Crippen LogP contribution in [-0.4, -0.2) is 39.6 Å². The third-order valence-corrected chi connectivity index (χ3v) is 4.73. The molecule has 0 saturated carbocycles. The van der Waals surface area contributed by atoms with Crippen molar-refractivity contribution in [2.24, 2.45) is 0 Å². The van der Waals surface area contributed by atoms with Crippen molar-refractivity contribution in [3.05, 3.63) is 30.0 Å². The quantitative estimate of drug-likeness (QED) is 0.868. The van der Waals surface area contributed by atoms with Crippen molar-refractivity contribution >= 4 is 29.6 Å². The molecule has 1 aromatic heterocycles. The van der Waals surface area contributed by atoms with Crippen molar-refractivity contribution in [2.45, 2.75) is 25.0 Å². The van der Waals surface area contributed by atoms with E-state index in [2.05, 4.69) is 23.7 Å². The zero-order chi connectivity index (χ0) is 14.6. The summed E-state index contributed by atoms with van der Waals surface area (Å²) in [5.41, 5.74) is 0.861. The van der Waals surface area contributed by atoms with E-state index < -0.39 is 5.97 Å². The van der Waals surface area contributed by atoms with E-state index in [9.17, 15) is 4.79 Å². The molecule has 1 fully saturated rings. The van der Waals surface area contributed by atoms with E-state index in [-0.39, 0.29) is 0 Å². The molecule has 0 unspecified atom stereocenters. The van der Waals surface area contributed by atoms with Gasteiger partial charge in [-0.15, -0.1) is 0 Å². The second-order valence-electron chi connectivity index (χ2n) is 5.43. The Labute approximate surface area is 123 Å². The number of anilines is 1. The van der Waals surface area contributed by atoms with Crippen molar-refractivity contribution in [1.82, 2.24) is 4.98 Å². The molecule has 0 amide bonds. The summed E-state index contributed by atoms with van der Waals surface area (Å²) in [7, 11) is 0. The molecule has 0 bridgehead atoms. The first-order valence-corrected chi connectivity index (χ1v) is 7.71. The summed E-state index contributed by atoms with van der Waals surface area (Å²) < 4.78 is 0.292. The number of hydrogen-bond donors (Lipinski definition) is 1. The molecule has 1 aliphatic heterocycles. The first-order valence-electron chi connectivity index (χ1n) is 6.73. The molecule has 0 radical (unpaired) electrons. The van der Waals surface area contributed by atoms with Crippen LogP contribution in [0.3, 0.4) is 0 Å². The van der Waals surface area contributed by atoms with E-state index in [4.69, 9.17) is 5.11 Å². The smallest absolute Gasteiger partial charge is 0.328 e. The predicted octanol–water partition coefficient (Wildman–Crippen LogP) is 2.90. The Hall–Kier alpha value is -1.49. The molecule has 1 N–H and O–H groups in total. The SMILES string of the molecule is CC1(C)CCN(c2ncccc2/C=C/C(=O)O)CCS1. The summed E-state index contributed by atoms with van der Waals surface area (Å²) in [4.78, 5) is 17.4. The van der Waals surface area contributed by atoms with Gasteiger partial charge in [-0.1, -0.05) is 13.8 Å². The van der Waals surface area contributed by atoms with E-state index in [1.165, 1.54) is 0 Å². The fraction of sp³-hybridized carbons (Fsp3) is 0.467. The fourth-order valence-electron chi connectivity index (χ4n) is 2.20. The maximum atomic E-state index is 10.7. The molecule has 4 nitrogen and oxygen atoms in total. The molecule has 1 aromatic rings. The monoisotopic (exact) mass is 292 g/mol. The Bertz CT molecular complexity index is 514. The lowest BCUT2D eigenvalue weighted by Gasteiger charge is -2.24. The number of thioether (sulfide) groups is 1. The Morgan fingerprint density at radius 2 is 2.30 bits per heavy atom. The van der Waals surface area contributed by atoms with Crippen LogP contribution >= 0.6 is 11.8 Å². The van der Waals surface area contributed by atoms with E-state index in [1.807, 2.05) is 23.9 Å². The average molecular weight is 292 g/mol. The number of aromatic nitrogens is 1. The van der Waals surface area contributed by atoms with Gasteiger partial charge in [-0.25, -0.2) is 9.78 Å². The first-order chi connectivity index (χ1) is 9.48. The van der Waals surface area contributed by atoms with Crippen LogP contribution < -0.4 is 4.90 Å². The molecule has 0 aliphatic carbocycles. The van der Waals surface area contributed by atoms with Gasteiger partial charge >= 0.3 is 5.97 Å². The molecule has 108 valence electrons. The minimum Gasteiger partial charge on any atom is -0.478 e. The summed E-state index contributed by atoms with van der Waals surface area (Å²) in [5, 5.41) is 8.77. The summed E-state index contributed by atoms with van der Waals surface area (Å²) >= 11 is 1.98. The highest BCUT2D eigenvalue weighted by atomic mass is 32.2. The number of nitrogens with zero attached hydrogens (tertiary/aromatic N) is 2. The van der Waals surface area contributed by atoms with Crippen LogP contribution in [0.2, 0.25) is 0 Å². The lowest BCUT2D eigenvalue weighted by atomic mass is 10.1. The second-order valence-corrected chi connectivity index (χ2v) is 7.24. The first kappa shape index (κ1) is 14.9. The zero-order valence-electron chi connectivity index (χ0n) is 11.9. The fourth-order valence-corrected chi connectivity index (χ4v) is 3.30. The highest BCUT2D eigenvalue weighted by Crippen LogP contribution is 2.32. The van der Waals surface area contributed by atoms with Crippen LogP contribution in [0.25, 0.3) is 6.08 Å². The van der Waals surface area contributed by atoms with Crippen LogP contribution in [0.1, 0.15) is 25.8 Å². The topological polar surface area (TPSA) is 53.4 Å². The van der Waals surface area contributed by atoms with Gasteiger partial charge in [0, 0.05) is 41.4 Å². The van der Waals surface area contributed by atoms with Crippen molar-refractivity contribution < 1.29 is 9.90 Å². The highest BCUT2D eigenvalue weighted by molar-refractivity contribution is 8.00. The molecule has 5 heteroatoms. The number of carboxylic acid groups (broad SMARTS) is 1. The number of rotatable bonds is 3. The number of carbonyl (C=O) groups is 1. The normalized spacial score (nSPS) is 19.0. The van der Waals surface area contributed by atoms with Gasteiger partial charge in [0.1, 0.15) is 5.82 Å². The summed E-state index contributed by atoms with van der Waals surface area (Å²) in [5.74, 6) is 1.00. The van der Waals surface area contributed by atoms with Crippen molar-refractivity contribution in [2.75, 3.05) is 23.7 Å². The van der Waals surface area contributed by atoms with Gasteiger partial charge < -0.3 is 10.0 Å². The van der Waals surface area contributed by atoms with Crippen LogP contribution in [-0.2, 0) is 4.79 Å². The van der Waals surface area contributed by atoms with Gasteiger partial charge in [0.05, 0.1) is 0 Å². The number of pyridine rings is 1. The Morgan fingerprint density at radius 1 is 1.50 bits per heavy atom. The molecule has 20 heavy (non-hydrogen) atoms. The van der Waals surface area contributed by atoms with Crippen LogP contribution in [0.5, 0.6) is 0 Å². The summed E-state index contributed by atoms with van der Waals surface area (Å²) in [6, 6.07) is 3.74. The minimum atomic E-state index is -0.938. The third-order valence-electron chi connectivity index (χ3n) is 3.36. The van der Waals surface area contributed by atoms with Crippen LogP contribution in [0.4, 0.5) is 5.82 Å². The summed E-state index contributed by atoms with van der Waals surface area (Å²) in [6.45, 7) is 6.43. The number of hydrogen-bond acceptors (Lipinski definition) is 4. The molecule has 0 aromatic carbocycles. The Kier molecular flexibility index (Phi) is 4.70. The van der Waals surface area contributed by atoms with Gasteiger partial charge in [-0.2, -0.15) is 11.8 Å². The lowest BCUT2D eigenvalue weighted by molar-refractivity contribution is -0.131. The molecular formula is C15H20N2O2S. The highest BCUT2D eigenvalue weighted by Gasteiger charge is 2.24. The molecule has 1 aliphatic rings. The zero-order valence-corrected chi connectivity index (χ0v) is 12.7.